The van der Waals surface area contributed by atoms with Crippen molar-refractivity contribution >= 4 is 28.3 Å². The number of carbonyl (C=O) groups excluding carboxylic acids is 2. The molecule has 0 atom stereocenters. The molecule has 2 aromatic rings. The molecule has 0 aliphatic rings. The Balaban J connectivity index is 1.93. The smallest absolute Gasteiger partial charge is 0.231 e. The third-order valence-corrected chi connectivity index (χ3v) is 4.86. The zero-order valence-corrected chi connectivity index (χ0v) is 17.0. The van der Waals surface area contributed by atoms with Gasteiger partial charge < -0.3 is 16.0 Å². The number of anilines is 1. The molecule has 27 heavy (non-hydrogen) atoms. The Bertz CT molecular complexity index is 753. The van der Waals surface area contributed by atoms with E-state index in [0.29, 0.717) is 30.5 Å². The number of amides is 2. The van der Waals surface area contributed by atoms with E-state index in [9.17, 15) is 9.59 Å². The minimum atomic E-state index is -0.489. The lowest BCUT2D eigenvalue weighted by atomic mass is 9.96. The molecule has 0 radical (unpaired) electrons. The fourth-order valence-corrected chi connectivity index (χ4v) is 3.13. The Kier molecular flexibility index (Phi) is 7.50. The van der Waals surface area contributed by atoms with Gasteiger partial charge in [0.2, 0.25) is 11.8 Å². The van der Waals surface area contributed by atoms with Crippen molar-refractivity contribution in [1.82, 2.24) is 9.88 Å². The van der Waals surface area contributed by atoms with Gasteiger partial charge in [-0.15, -0.1) is 11.3 Å². The molecule has 1 aromatic heterocycles. The third-order valence-electron chi connectivity index (χ3n) is 4.05. The first-order valence-corrected chi connectivity index (χ1v) is 9.95. The molecule has 0 unspecified atom stereocenters. The maximum absolute atomic E-state index is 12.7. The number of nitrogens with two attached hydrogens (primary N) is 1. The first-order valence-electron chi connectivity index (χ1n) is 9.07. The van der Waals surface area contributed by atoms with Crippen molar-refractivity contribution < 1.29 is 9.59 Å². The molecule has 0 spiro atoms. The summed E-state index contributed by atoms with van der Waals surface area (Å²) in [6.07, 6.45) is 0.993. The van der Waals surface area contributed by atoms with Crippen LogP contribution in [0.5, 0.6) is 0 Å². The van der Waals surface area contributed by atoms with Gasteiger partial charge in [0, 0.05) is 30.4 Å². The molecule has 3 N–H and O–H groups in total. The summed E-state index contributed by atoms with van der Waals surface area (Å²) in [6.45, 7) is 7.10. The van der Waals surface area contributed by atoms with Crippen molar-refractivity contribution in [3.05, 3.63) is 47.0 Å². The summed E-state index contributed by atoms with van der Waals surface area (Å²) in [7, 11) is 0. The molecule has 0 aliphatic heterocycles. The van der Waals surface area contributed by atoms with Gasteiger partial charge in [0.25, 0.3) is 0 Å². The normalized spacial score (nSPS) is 11.3. The summed E-state index contributed by atoms with van der Waals surface area (Å²) in [5, 5.41) is 5.13. The van der Waals surface area contributed by atoms with Gasteiger partial charge in [-0.2, -0.15) is 0 Å². The molecule has 1 heterocycles. The van der Waals surface area contributed by atoms with E-state index in [1.165, 1.54) is 16.9 Å². The van der Waals surface area contributed by atoms with Gasteiger partial charge in [0.1, 0.15) is 0 Å². The first kappa shape index (κ1) is 21.1. The molecule has 1 aromatic carbocycles. The number of rotatable bonds is 8. The van der Waals surface area contributed by atoms with Crippen LogP contribution in [0.25, 0.3) is 0 Å². The molecular formula is C20H28N4O2S. The molecule has 6 nitrogen and oxygen atoms in total. The summed E-state index contributed by atoms with van der Waals surface area (Å²) in [6, 6.07) is 10.1. The van der Waals surface area contributed by atoms with E-state index in [1.54, 1.807) is 4.90 Å². The van der Waals surface area contributed by atoms with E-state index < -0.39 is 5.41 Å². The molecular weight excluding hydrogens is 360 g/mol. The topological polar surface area (TPSA) is 88.3 Å². The van der Waals surface area contributed by atoms with Crippen LogP contribution in [-0.2, 0) is 22.4 Å². The van der Waals surface area contributed by atoms with Crippen LogP contribution in [0.1, 0.15) is 32.0 Å². The number of nitrogens with zero attached hydrogens (tertiary/aromatic N) is 2. The lowest BCUT2D eigenvalue weighted by Gasteiger charge is -2.21. The quantitative estimate of drug-likeness (QED) is 0.728. The van der Waals surface area contributed by atoms with E-state index in [1.807, 2.05) is 44.4 Å². The van der Waals surface area contributed by atoms with Crippen molar-refractivity contribution in [3.63, 3.8) is 0 Å². The highest BCUT2D eigenvalue weighted by molar-refractivity contribution is 7.13. The van der Waals surface area contributed by atoms with E-state index in [-0.39, 0.29) is 18.2 Å². The minimum Gasteiger partial charge on any atom is -0.341 e. The van der Waals surface area contributed by atoms with Crippen molar-refractivity contribution in [3.8, 4) is 0 Å². The van der Waals surface area contributed by atoms with Crippen LogP contribution in [0.3, 0.4) is 0 Å². The summed E-state index contributed by atoms with van der Waals surface area (Å²) < 4.78 is 0. The minimum absolute atomic E-state index is 0.00428. The predicted octanol–water partition coefficient (Wildman–Crippen LogP) is 2.70. The molecule has 0 fully saturated rings. The maximum atomic E-state index is 12.7. The lowest BCUT2D eigenvalue weighted by Crippen LogP contribution is -2.38. The summed E-state index contributed by atoms with van der Waals surface area (Å²) >= 11 is 1.33. The van der Waals surface area contributed by atoms with E-state index >= 15 is 0 Å². The van der Waals surface area contributed by atoms with Crippen LogP contribution in [0.4, 0.5) is 5.13 Å². The number of thiazole rings is 1. The van der Waals surface area contributed by atoms with Crippen LogP contribution >= 0.6 is 11.3 Å². The van der Waals surface area contributed by atoms with Crippen molar-refractivity contribution in [2.75, 3.05) is 25.0 Å². The van der Waals surface area contributed by atoms with Gasteiger partial charge >= 0.3 is 0 Å². The zero-order valence-electron chi connectivity index (χ0n) is 16.2. The number of nitrogens with one attached hydrogen (secondary N) is 1. The van der Waals surface area contributed by atoms with Gasteiger partial charge in [0.15, 0.2) is 5.13 Å². The number of benzene rings is 1. The molecule has 0 bridgehead atoms. The monoisotopic (exact) mass is 388 g/mol. The van der Waals surface area contributed by atoms with Gasteiger partial charge in [-0.25, -0.2) is 4.98 Å². The van der Waals surface area contributed by atoms with Crippen LogP contribution in [0.15, 0.2) is 35.7 Å². The third kappa shape index (κ3) is 6.77. The fourth-order valence-electron chi connectivity index (χ4n) is 2.42. The highest BCUT2D eigenvalue weighted by Gasteiger charge is 2.22. The average molecular weight is 389 g/mol. The average Bonchev–Trinajstić information content (AvgIpc) is 3.05. The van der Waals surface area contributed by atoms with Gasteiger partial charge in [-0.1, -0.05) is 51.1 Å². The maximum Gasteiger partial charge on any atom is 0.231 e. The molecule has 0 aliphatic carbocycles. The van der Waals surface area contributed by atoms with Crippen molar-refractivity contribution in [1.29, 1.82) is 0 Å². The van der Waals surface area contributed by atoms with E-state index in [2.05, 4.69) is 22.4 Å². The van der Waals surface area contributed by atoms with Crippen LogP contribution < -0.4 is 11.1 Å². The molecule has 146 valence electrons. The summed E-state index contributed by atoms with van der Waals surface area (Å²) in [4.78, 5) is 30.9. The Morgan fingerprint density at radius 2 is 1.89 bits per heavy atom. The van der Waals surface area contributed by atoms with Crippen LogP contribution in [0, 0.1) is 5.41 Å². The zero-order chi connectivity index (χ0) is 19.9. The van der Waals surface area contributed by atoms with E-state index in [4.69, 9.17) is 5.73 Å². The van der Waals surface area contributed by atoms with Crippen molar-refractivity contribution in [2.45, 2.75) is 33.6 Å². The number of aromatic nitrogens is 1. The Labute approximate surface area is 164 Å². The first-order chi connectivity index (χ1) is 12.8. The van der Waals surface area contributed by atoms with Gasteiger partial charge in [0.05, 0.1) is 12.1 Å². The van der Waals surface area contributed by atoms with Gasteiger partial charge in [-0.05, 0) is 12.0 Å². The largest absolute Gasteiger partial charge is 0.341 e. The van der Waals surface area contributed by atoms with Crippen LogP contribution in [-0.4, -0.2) is 41.3 Å². The Hall–Kier alpha value is -2.25. The Morgan fingerprint density at radius 1 is 1.19 bits per heavy atom. The highest BCUT2D eigenvalue weighted by Crippen LogP contribution is 2.21. The summed E-state index contributed by atoms with van der Waals surface area (Å²) in [5.74, 6) is -0.0993. The number of carbonyl (C=O) groups is 2. The second kappa shape index (κ2) is 9.62. The SMILES string of the molecule is CC(C)(C)C(=O)Nc1nc(CC(=O)N(CCN)CCc2ccccc2)cs1. The second-order valence-corrected chi connectivity index (χ2v) is 8.29. The number of hydrogen-bond acceptors (Lipinski definition) is 5. The molecule has 0 saturated carbocycles. The van der Waals surface area contributed by atoms with Gasteiger partial charge in [-0.3, -0.25) is 9.59 Å². The van der Waals surface area contributed by atoms with E-state index in [0.717, 1.165) is 6.42 Å². The Morgan fingerprint density at radius 3 is 2.52 bits per heavy atom. The summed E-state index contributed by atoms with van der Waals surface area (Å²) in [5.41, 5.74) is 7.04. The second-order valence-electron chi connectivity index (χ2n) is 7.43. The standard InChI is InChI=1S/C20H28N4O2S/c1-20(2,3)18(26)23-19-22-16(14-27-19)13-17(25)24(12-10-21)11-9-15-7-5-4-6-8-15/h4-8,14H,9-13,21H2,1-3H3,(H,22,23,26). The predicted molar refractivity (Wildman–Crippen MR) is 110 cm³/mol. The molecule has 2 rings (SSSR count). The lowest BCUT2D eigenvalue weighted by molar-refractivity contribution is -0.130. The number of hydrogen-bond donors (Lipinski definition) is 2. The fraction of sp³-hybridized carbons (Fsp3) is 0.450. The highest BCUT2D eigenvalue weighted by atomic mass is 32.1. The van der Waals surface area contributed by atoms with Crippen LogP contribution in [0.2, 0.25) is 0 Å². The molecule has 7 heteroatoms. The molecule has 0 saturated heterocycles. The molecule has 2 amide bonds. The van der Waals surface area contributed by atoms with Crippen molar-refractivity contribution in [2.24, 2.45) is 11.1 Å².